The summed E-state index contributed by atoms with van der Waals surface area (Å²) in [7, 11) is 0. The van der Waals surface area contributed by atoms with Gasteiger partial charge in [0.1, 0.15) is 0 Å². The van der Waals surface area contributed by atoms with Crippen molar-refractivity contribution in [3.63, 3.8) is 0 Å². The molecule has 1 aliphatic heterocycles. The maximum absolute atomic E-state index is 3.73. The first-order valence-corrected chi connectivity index (χ1v) is 6.02. The van der Waals surface area contributed by atoms with Crippen LogP contribution in [0.25, 0.3) is 0 Å². The van der Waals surface area contributed by atoms with Crippen molar-refractivity contribution in [2.75, 3.05) is 5.75 Å². The average Bonchev–Trinajstić information content (AvgIpc) is 2.47. The summed E-state index contributed by atoms with van der Waals surface area (Å²) in [6.45, 7) is 9.23. The van der Waals surface area contributed by atoms with Crippen molar-refractivity contribution >= 4 is 11.8 Å². The molecule has 1 saturated heterocycles. The van der Waals surface area contributed by atoms with Crippen LogP contribution in [-0.4, -0.2) is 16.7 Å². The average molecular weight is 187 g/mol. The molecule has 1 rings (SSSR count). The van der Waals surface area contributed by atoms with Gasteiger partial charge in [0.2, 0.25) is 0 Å². The zero-order valence-corrected chi connectivity index (χ0v) is 9.50. The molecule has 0 amide bonds. The molecule has 1 N–H and O–H groups in total. The van der Waals surface area contributed by atoms with Gasteiger partial charge in [-0.15, -0.1) is 11.8 Å². The van der Waals surface area contributed by atoms with Gasteiger partial charge in [0.15, 0.2) is 0 Å². The molecule has 0 radical (unpaired) electrons. The molecule has 72 valence electrons. The zero-order chi connectivity index (χ0) is 9.19. The molecule has 0 spiro atoms. The van der Waals surface area contributed by atoms with Gasteiger partial charge in [-0.05, 0) is 19.3 Å². The number of hydrogen-bond donors (Lipinski definition) is 1. The molecule has 0 aromatic heterocycles. The van der Waals surface area contributed by atoms with Gasteiger partial charge in [0, 0.05) is 11.8 Å². The fourth-order valence-electron chi connectivity index (χ4n) is 1.66. The molecule has 12 heavy (non-hydrogen) atoms. The lowest BCUT2D eigenvalue weighted by molar-refractivity contribution is 0.339. The van der Waals surface area contributed by atoms with Crippen molar-refractivity contribution in [2.45, 2.75) is 51.4 Å². The summed E-state index contributed by atoms with van der Waals surface area (Å²) in [5, 5.41) is 3.73. The molecular weight excluding hydrogens is 166 g/mol. The fourth-order valence-corrected chi connectivity index (χ4v) is 3.22. The first-order valence-electron chi connectivity index (χ1n) is 5.04. The number of hydrogen-bond acceptors (Lipinski definition) is 2. The van der Waals surface area contributed by atoms with E-state index in [0.717, 1.165) is 12.0 Å². The summed E-state index contributed by atoms with van der Waals surface area (Å²) in [5.74, 6) is 2.07. The summed E-state index contributed by atoms with van der Waals surface area (Å²) < 4.78 is 0. The lowest BCUT2D eigenvalue weighted by Gasteiger charge is -2.31. The van der Waals surface area contributed by atoms with Crippen LogP contribution in [0.2, 0.25) is 0 Å². The van der Waals surface area contributed by atoms with Gasteiger partial charge in [-0.2, -0.15) is 0 Å². The fraction of sp³-hybridized carbons (Fsp3) is 1.00. The van der Waals surface area contributed by atoms with E-state index in [1.54, 1.807) is 0 Å². The molecule has 0 aromatic carbocycles. The maximum atomic E-state index is 3.73. The minimum atomic E-state index is 0.343. The van der Waals surface area contributed by atoms with E-state index < -0.39 is 0 Å². The van der Waals surface area contributed by atoms with Gasteiger partial charge in [-0.3, -0.25) is 5.32 Å². The van der Waals surface area contributed by atoms with Crippen LogP contribution in [0.1, 0.15) is 40.5 Å². The number of nitrogens with one attached hydrogen (secondary N) is 1. The van der Waals surface area contributed by atoms with E-state index in [4.69, 9.17) is 0 Å². The topological polar surface area (TPSA) is 12.0 Å². The summed E-state index contributed by atoms with van der Waals surface area (Å²) in [6.07, 6.45) is 2.53. The van der Waals surface area contributed by atoms with Gasteiger partial charge < -0.3 is 0 Å². The Morgan fingerprint density at radius 3 is 2.67 bits per heavy atom. The predicted octanol–water partition coefficient (Wildman–Crippen LogP) is 2.86. The Balaban J connectivity index is 2.51. The summed E-state index contributed by atoms with van der Waals surface area (Å²) in [5.41, 5.74) is 0. The van der Waals surface area contributed by atoms with E-state index >= 15 is 0 Å². The largest absolute Gasteiger partial charge is 0.299 e. The van der Waals surface area contributed by atoms with Crippen LogP contribution in [0.4, 0.5) is 0 Å². The molecule has 2 heteroatoms. The monoisotopic (exact) mass is 187 g/mol. The van der Waals surface area contributed by atoms with Crippen LogP contribution in [0.15, 0.2) is 0 Å². The van der Waals surface area contributed by atoms with Gasteiger partial charge in [0.25, 0.3) is 0 Å². The molecule has 1 fully saturated rings. The molecule has 1 nitrogen and oxygen atoms in total. The molecule has 0 aliphatic carbocycles. The normalized spacial score (nSPS) is 38.5. The lowest BCUT2D eigenvalue weighted by atomic mass is 9.99. The Morgan fingerprint density at radius 1 is 1.58 bits per heavy atom. The van der Waals surface area contributed by atoms with Crippen molar-refractivity contribution < 1.29 is 0 Å². The van der Waals surface area contributed by atoms with E-state index in [1.165, 1.54) is 18.6 Å². The van der Waals surface area contributed by atoms with E-state index in [1.807, 2.05) is 0 Å². The standard InChI is InChI=1S/C10H21NS/c1-5-8(3)10(4)11-9(6-2)7-12-10/h8-9,11H,5-7H2,1-4H3. The third-order valence-corrected chi connectivity index (χ3v) is 4.81. The maximum Gasteiger partial charge on any atom is 0.0645 e. The Labute approximate surface area is 80.7 Å². The van der Waals surface area contributed by atoms with Crippen molar-refractivity contribution in [1.29, 1.82) is 0 Å². The molecule has 0 saturated carbocycles. The summed E-state index contributed by atoms with van der Waals surface area (Å²) in [4.78, 5) is 0.343. The van der Waals surface area contributed by atoms with Crippen molar-refractivity contribution in [3.05, 3.63) is 0 Å². The minimum Gasteiger partial charge on any atom is -0.299 e. The van der Waals surface area contributed by atoms with Gasteiger partial charge in [-0.1, -0.05) is 27.2 Å². The van der Waals surface area contributed by atoms with Gasteiger partial charge >= 0.3 is 0 Å². The smallest absolute Gasteiger partial charge is 0.0645 e. The molecule has 3 atom stereocenters. The molecule has 1 heterocycles. The van der Waals surface area contributed by atoms with Crippen molar-refractivity contribution in [3.8, 4) is 0 Å². The van der Waals surface area contributed by atoms with E-state index in [-0.39, 0.29) is 0 Å². The number of thioether (sulfide) groups is 1. The van der Waals surface area contributed by atoms with Crippen LogP contribution >= 0.6 is 11.8 Å². The van der Waals surface area contributed by atoms with Crippen LogP contribution < -0.4 is 5.32 Å². The van der Waals surface area contributed by atoms with Crippen LogP contribution in [0.3, 0.4) is 0 Å². The second-order valence-corrected chi connectivity index (χ2v) is 5.45. The van der Waals surface area contributed by atoms with Gasteiger partial charge in [0.05, 0.1) is 4.87 Å². The van der Waals surface area contributed by atoms with Crippen LogP contribution in [0.5, 0.6) is 0 Å². The Kier molecular flexibility index (Phi) is 3.47. The summed E-state index contributed by atoms with van der Waals surface area (Å²) in [6, 6.07) is 0.744. The SMILES string of the molecule is CCC1CSC(C)(C(C)CC)N1. The molecule has 0 bridgehead atoms. The quantitative estimate of drug-likeness (QED) is 0.729. The Hall–Kier alpha value is 0.310. The van der Waals surface area contributed by atoms with Crippen LogP contribution in [0, 0.1) is 5.92 Å². The Morgan fingerprint density at radius 2 is 2.25 bits per heavy atom. The van der Waals surface area contributed by atoms with Gasteiger partial charge in [-0.25, -0.2) is 0 Å². The van der Waals surface area contributed by atoms with Crippen molar-refractivity contribution in [2.24, 2.45) is 5.92 Å². The highest BCUT2D eigenvalue weighted by atomic mass is 32.2. The minimum absolute atomic E-state index is 0.343. The summed E-state index contributed by atoms with van der Waals surface area (Å²) >= 11 is 2.10. The van der Waals surface area contributed by atoms with Crippen molar-refractivity contribution in [1.82, 2.24) is 5.32 Å². The predicted molar refractivity (Wildman–Crippen MR) is 57.5 cm³/mol. The highest BCUT2D eigenvalue weighted by Crippen LogP contribution is 2.38. The highest BCUT2D eigenvalue weighted by molar-refractivity contribution is 8.00. The molecule has 3 unspecified atom stereocenters. The molecular formula is C10H21NS. The first kappa shape index (κ1) is 10.4. The third-order valence-electron chi connectivity index (χ3n) is 3.12. The van der Waals surface area contributed by atoms with Crippen LogP contribution in [-0.2, 0) is 0 Å². The second-order valence-electron chi connectivity index (χ2n) is 3.98. The zero-order valence-electron chi connectivity index (χ0n) is 8.68. The third kappa shape index (κ3) is 1.97. The Bertz CT molecular complexity index is 149. The second kappa shape index (κ2) is 4.01. The van der Waals surface area contributed by atoms with E-state index in [0.29, 0.717) is 4.87 Å². The lowest BCUT2D eigenvalue weighted by Crippen LogP contribution is -2.43. The number of rotatable bonds is 3. The highest BCUT2D eigenvalue weighted by Gasteiger charge is 2.37. The molecule has 0 aromatic rings. The first-order chi connectivity index (χ1) is 5.62. The van der Waals surface area contributed by atoms with E-state index in [9.17, 15) is 0 Å². The molecule has 1 aliphatic rings. The van der Waals surface area contributed by atoms with E-state index in [2.05, 4.69) is 44.8 Å².